The Labute approximate surface area is 78.0 Å². The van der Waals surface area contributed by atoms with Gasteiger partial charge in [-0.25, -0.2) is 0 Å². The number of carbonyl (C=O) groups is 1. The van der Waals surface area contributed by atoms with Crippen LogP contribution in [0.15, 0.2) is 18.3 Å². The number of hydrogen-bond acceptors (Lipinski definition) is 2. The lowest BCUT2D eigenvalue weighted by Gasteiger charge is -2.20. The first-order valence-corrected chi connectivity index (χ1v) is 4.17. The number of aromatic nitrogens is 1. The van der Waals surface area contributed by atoms with Gasteiger partial charge in [0.25, 0.3) is 0 Å². The highest BCUT2D eigenvalue weighted by Crippen LogP contribution is 2.21. The van der Waals surface area contributed by atoms with Gasteiger partial charge >= 0.3 is 0 Å². The molecule has 0 aliphatic rings. The van der Waals surface area contributed by atoms with Gasteiger partial charge in [-0.05, 0) is 32.4 Å². The van der Waals surface area contributed by atoms with Crippen LogP contribution in [0.25, 0.3) is 0 Å². The van der Waals surface area contributed by atoms with Gasteiger partial charge < -0.3 is 5.73 Å². The number of hydrogen-bond donors (Lipinski definition) is 1. The number of nitrogens with two attached hydrogens (primary N) is 1. The third-order valence-corrected chi connectivity index (χ3v) is 2.25. The van der Waals surface area contributed by atoms with Gasteiger partial charge in [-0.2, -0.15) is 0 Å². The van der Waals surface area contributed by atoms with Crippen LogP contribution in [-0.2, 0) is 10.2 Å². The van der Waals surface area contributed by atoms with E-state index in [2.05, 4.69) is 4.98 Å². The van der Waals surface area contributed by atoms with Crippen LogP contribution in [0.2, 0.25) is 0 Å². The minimum atomic E-state index is -0.638. The standard InChI is InChI=1S/C10H14N2O/c1-7-4-5-8(6-12-7)10(2,3)9(11)13/h4-6H,1-3H3,(H2,11,13). The van der Waals surface area contributed by atoms with Crippen LogP contribution >= 0.6 is 0 Å². The predicted molar refractivity (Wildman–Crippen MR) is 51.2 cm³/mol. The third-order valence-electron chi connectivity index (χ3n) is 2.25. The molecule has 3 heteroatoms. The van der Waals surface area contributed by atoms with E-state index in [1.54, 1.807) is 20.0 Å². The second kappa shape index (κ2) is 3.17. The molecule has 0 radical (unpaired) electrons. The van der Waals surface area contributed by atoms with Crippen molar-refractivity contribution in [3.8, 4) is 0 Å². The molecule has 0 spiro atoms. The summed E-state index contributed by atoms with van der Waals surface area (Å²) in [4.78, 5) is 15.2. The molecule has 13 heavy (non-hydrogen) atoms. The zero-order chi connectivity index (χ0) is 10.1. The molecule has 0 atom stereocenters. The van der Waals surface area contributed by atoms with Gasteiger partial charge in [0.2, 0.25) is 5.91 Å². The van der Waals surface area contributed by atoms with Crippen LogP contribution in [0.3, 0.4) is 0 Å². The average molecular weight is 178 g/mol. The lowest BCUT2D eigenvalue weighted by Crippen LogP contribution is -2.35. The van der Waals surface area contributed by atoms with E-state index < -0.39 is 5.41 Å². The van der Waals surface area contributed by atoms with Gasteiger partial charge in [0.15, 0.2) is 0 Å². The lowest BCUT2D eigenvalue weighted by molar-refractivity contribution is -0.122. The van der Waals surface area contributed by atoms with E-state index in [9.17, 15) is 4.79 Å². The number of nitrogens with zero attached hydrogens (tertiary/aromatic N) is 1. The minimum absolute atomic E-state index is 0.335. The molecule has 0 aliphatic heterocycles. The first kappa shape index (κ1) is 9.71. The number of amides is 1. The van der Waals surface area contributed by atoms with Gasteiger partial charge in [-0.15, -0.1) is 0 Å². The van der Waals surface area contributed by atoms with E-state index in [4.69, 9.17) is 5.73 Å². The van der Waals surface area contributed by atoms with Crippen molar-refractivity contribution >= 4 is 5.91 Å². The molecular weight excluding hydrogens is 164 g/mol. The zero-order valence-electron chi connectivity index (χ0n) is 8.16. The third kappa shape index (κ3) is 1.86. The maximum absolute atomic E-state index is 11.1. The van der Waals surface area contributed by atoms with Gasteiger partial charge in [0.05, 0.1) is 5.41 Å². The summed E-state index contributed by atoms with van der Waals surface area (Å²) in [6.07, 6.45) is 1.69. The van der Waals surface area contributed by atoms with Gasteiger partial charge in [0, 0.05) is 11.9 Å². The summed E-state index contributed by atoms with van der Waals surface area (Å²) in [7, 11) is 0. The van der Waals surface area contributed by atoms with Crippen molar-refractivity contribution in [2.24, 2.45) is 5.73 Å². The van der Waals surface area contributed by atoms with E-state index in [1.807, 2.05) is 19.1 Å². The zero-order valence-corrected chi connectivity index (χ0v) is 8.16. The Bertz CT molecular complexity index is 314. The van der Waals surface area contributed by atoms with Crippen molar-refractivity contribution in [3.63, 3.8) is 0 Å². The molecule has 0 saturated heterocycles. The van der Waals surface area contributed by atoms with Crippen LogP contribution in [0.5, 0.6) is 0 Å². The fourth-order valence-corrected chi connectivity index (χ4v) is 0.980. The van der Waals surface area contributed by atoms with Crippen molar-refractivity contribution in [2.45, 2.75) is 26.2 Å². The van der Waals surface area contributed by atoms with Crippen LogP contribution in [0, 0.1) is 6.92 Å². The summed E-state index contributed by atoms with van der Waals surface area (Å²) in [6, 6.07) is 3.76. The fraction of sp³-hybridized carbons (Fsp3) is 0.400. The number of aryl methyl sites for hydroxylation is 1. The first-order valence-electron chi connectivity index (χ1n) is 4.17. The van der Waals surface area contributed by atoms with E-state index in [-0.39, 0.29) is 5.91 Å². The second-order valence-corrected chi connectivity index (χ2v) is 3.68. The molecule has 1 heterocycles. The van der Waals surface area contributed by atoms with Gasteiger partial charge in [-0.3, -0.25) is 9.78 Å². The van der Waals surface area contributed by atoms with E-state index >= 15 is 0 Å². The molecule has 0 aromatic carbocycles. The molecule has 0 aliphatic carbocycles. The van der Waals surface area contributed by atoms with Crippen molar-refractivity contribution in [1.82, 2.24) is 4.98 Å². The highest BCUT2D eigenvalue weighted by atomic mass is 16.1. The van der Waals surface area contributed by atoms with E-state index in [0.717, 1.165) is 11.3 Å². The van der Waals surface area contributed by atoms with Crippen LogP contribution in [0.4, 0.5) is 0 Å². The molecular formula is C10H14N2O. The highest BCUT2D eigenvalue weighted by Gasteiger charge is 2.27. The number of rotatable bonds is 2. The summed E-state index contributed by atoms with van der Waals surface area (Å²) < 4.78 is 0. The molecule has 0 fully saturated rings. The number of pyridine rings is 1. The van der Waals surface area contributed by atoms with Gasteiger partial charge in [-0.1, -0.05) is 6.07 Å². The van der Waals surface area contributed by atoms with Crippen molar-refractivity contribution < 1.29 is 4.79 Å². The summed E-state index contributed by atoms with van der Waals surface area (Å²) in [5, 5.41) is 0. The molecule has 0 unspecified atom stereocenters. The molecule has 0 saturated carbocycles. The van der Waals surface area contributed by atoms with Crippen molar-refractivity contribution in [2.75, 3.05) is 0 Å². The smallest absolute Gasteiger partial charge is 0.227 e. The van der Waals surface area contributed by atoms with E-state index in [1.165, 1.54) is 0 Å². The summed E-state index contributed by atoms with van der Waals surface area (Å²) in [5.41, 5.74) is 6.42. The van der Waals surface area contributed by atoms with Crippen LogP contribution in [0.1, 0.15) is 25.1 Å². The second-order valence-electron chi connectivity index (χ2n) is 3.68. The topological polar surface area (TPSA) is 56.0 Å². The molecule has 1 rings (SSSR count). The Balaban J connectivity index is 3.08. The first-order chi connectivity index (χ1) is 5.94. The molecule has 0 bridgehead atoms. The van der Waals surface area contributed by atoms with Crippen molar-refractivity contribution in [1.29, 1.82) is 0 Å². The molecule has 2 N–H and O–H groups in total. The Hall–Kier alpha value is -1.38. The number of primary amides is 1. The Morgan fingerprint density at radius 1 is 1.46 bits per heavy atom. The molecule has 1 aromatic rings. The molecule has 70 valence electrons. The summed E-state index contributed by atoms with van der Waals surface area (Å²) in [5.74, 6) is -0.335. The highest BCUT2D eigenvalue weighted by molar-refractivity contribution is 5.85. The minimum Gasteiger partial charge on any atom is -0.369 e. The Morgan fingerprint density at radius 2 is 2.08 bits per heavy atom. The lowest BCUT2D eigenvalue weighted by atomic mass is 9.85. The maximum Gasteiger partial charge on any atom is 0.227 e. The molecule has 1 aromatic heterocycles. The molecule has 1 amide bonds. The summed E-state index contributed by atoms with van der Waals surface area (Å²) in [6.45, 7) is 5.49. The fourth-order valence-electron chi connectivity index (χ4n) is 0.980. The van der Waals surface area contributed by atoms with Crippen LogP contribution in [-0.4, -0.2) is 10.9 Å². The van der Waals surface area contributed by atoms with E-state index in [0.29, 0.717) is 0 Å². The maximum atomic E-state index is 11.1. The monoisotopic (exact) mass is 178 g/mol. The van der Waals surface area contributed by atoms with Gasteiger partial charge in [0.1, 0.15) is 0 Å². The largest absolute Gasteiger partial charge is 0.369 e. The Kier molecular flexibility index (Phi) is 2.36. The predicted octanol–water partition coefficient (Wildman–Crippen LogP) is 1.15. The summed E-state index contributed by atoms with van der Waals surface area (Å²) >= 11 is 0. The Morgan fingerprint density at radius 3 is 2.46 bits per heavy atom. The van der Waals surface area contributed by atoms with Crippen LogP contribution < -0.4 is 5.73 Å². The number of carbonyl (C=O) groups excluding carboxylic acids is 1. The molecule has 3 nitrogen and oxygen atoms in total. The quantitative estimate of drug-likeness (QED) is 0.738. The van der Waals surface area contributed by atoms with Crippen molar-refractivity contribution in [3.05, 3.63) is 29.6 Å². The SMILES string of the molecule is Cc1ccc(C(C)(C)C(N)=O)cn1. The normalized spacial score (nSPS) is 11.3. The average Bonchev–Trinajstić information content (AvgIpc) is 2.04.